The number of carbonyl (C=O) groups excluding carboxylic acids is 1. The van der Waals surface area contributed by atoms with Gasteiger partial charge in [-0.3, -0.25) is 4.79 Å². The monoisotopic (exact) mass is 349 g/mol. The summed E-state index contributed by atoms with van der Waals surface area (Å²) >= 11 is 0. The third kappa shape index (κ3) is 2.34. The van der Waals surface area contributed by atoms with E-state index in [0.717, 1.165) is 41.6 Å². The van der Waals surface area contributed by atoms with Crippen molar-refractivity contribution in [1.82, 2.24) is 9.97 Å². The number of rotatable bonds is 1. The Bertz CT molecular complexity index is 907. The van der Waals surface area contributed by atoms with E-state index in [1.807, 2.05) is 37.3 Å². The molecule has 1 aromatic carbocycles. The van der Waals surface area contributed by atoms with E-state index in [1.165, 1.54) is 0 Å². The molecule has 1 saturated carbocycles. The van der Waals surface area contributed by atoms with E-state index in [9.17, 15) is 9.90 Å². The zero-order chi connectivity index (χ0) is 18.5. The Morgan fingerprint density at radius 2 is 2.00 bits per heavy atom. The number of fused-ring (bicyclic) bond motifs is 3. The van der Waals surface area contributed by atoms with E-state index in [-0.39, 0.29) is 29.0 Å². The number of ketones is 1. The predicted octanol–water partition coefficient (Wildman–Crippen LogP) is 3.60. The molecule has 0 bridgehead atoms. The van der Waals surface area contributed by atoms with Gasteiger partial charge < -0.3 is 10.8 Å². The van der Waals surface area contributed by atoms with E-state index < -0.39 is 0 Å². The molecular weight excluding hydrogens is 326 g/mol. The summed E-state index contributed by atoms with van der Waals surface area (Å²) in [4.78, 5) is 21.7. The highest BCUT2D eigenvalue weighted by Gasteiger charge is 2.51. The maximum absolute atomic E-state index is 12.5. The minimum Gasteiger partial charge on any atom is -0.515 e. The quantitative estimate of drug-likeness (QED) is 0.606. The van der Waals surface area contributed by atoms with Crippen molar-refractivity contribution in [3.05, 3.63) is 53.4 Å². The second kappa shape index (κ2) is 5.94. The molecule has 5 nitrogen and oxygen atoms in total. The molecule has 0 aliphatic heterocycles. The largest absolute Gasteiger partial charge is 0.515 e. The van der Waals surface area contributed by atoms with Crippen LogP contribution in [0.3, 0.4) is 0 Å². The zero-order valence-electron chi connectivity index (χ0n) is 15.1. The molecule has 5 heteroatoms. The van der Waals surface area contributed by atoms with Crippen LogP contribution in [0.25, 0.3) is 11.3 Å². The van der Waals surface area contributed by atoms with Crippen molar-refractivity contribution in [3.8, 4) is 11.3 Å². The van der Waals surface area contributed by atoms with Crippen LogP contribution in [0.1, 0.15) is 37.9 Å². The van der Waals surface area contributed by atoms with Gasteiger partial charge in [-0.2, -0.15) is 0 Å². The normalized spacial score (nSPS) is 29.3. The summed E-state index contributed by atoms with van der Waals surface area (Å²) in [6.45, 7) is 4.10. The maximum Gasteiger partial charge on any atom is 0.220 e. The zero-order valence-corrected chi connectivity index (χ0v) is 15.1. The van der Waals surface area contributed by atoms with Crippen molar-refractivity contribution in [2.24, 2.45) is 11.8 Å². The van der Waals surface area contributed by atoms with Crippen molar-refractivity contribution < 1.29 is 9.90 Å². The standard InChI is InChI=1S/C21H23N3O2/c1-12-16-9-8-15-17(13-6-4-3-5-7-13)23-20(22)24-19(15)21(16,2)10-14(11-25)18(12)26/h3-7,11-12,16,25H,8-10H2,1-2H3,(H2,22,23,24)/b14-11-/t12-,16-,21-/m1/s1. The Kier molecular flexibility index (Phi) is 3.83. The summed E-state index contributed by atoms with van der Waals surface area (Å²) in [6.07, 6.45) is 3.18. The minimum atomic E-state index is -0.337. The molecule has 0 spiro atoms. The first-order valence-corrected chi connectivity index (χ1v) is 9.05. The SMILES string of the molecule is C[C@H]1C(=O)/C(=C\O)C[C@@]2(C)c3nc(N)nc(-c4ccccc4)c3CC[C@H]12. The highest BCUT2D eigenvalue weighted by Crippen LogP contribution is 2.53. The Labute approximate surface area is 153 Å². The second-order valence-corrected chi connectivity index (χ2v) is 7.67. The van der Waals surface area contributed by atoms with Crippen LogP contribution in [0.5, 0.6) is 0 Å². The minimum absolute atomic E-state index is 0.0451. The van der Waals surface area contributed by atoms with Crippen molar-refractivity contribution in [2.75, 3.05) is 5.73 Å². The number of carbonyl (C=O) groups is 1. The molecule has 4 rings (SSSR count). The molecule has 134 valence electrons. The number of nitrogen functional groups attached to an aromatic ring is 1. The van der Waals surface area contributed by atoms with Gasteiger partial charge in [0, 0.05) is 28.0 Å². The molecule has 3 atom stereocenters. The molecule has 1 fully saturated rings. The highest BCUT2D eigenvalue weighted by atomic mass is 16.2. The summed E-state index contributed by atoms with van der Waals surface area (Å²) in [5.41, 5.74) is 10.2. The number of aliphatic hydroxyl groups is 1. The highest BCUT2D eigenvalue weighted by molar-refractivity contribution is 5.98. The number of aliphatic hydroxyl groups excluding tert-OH is 1. The Balaban J connectivity index is 1.92. The van der Waals surface area contributed by atoms with Gasteiger partial charge >= 0.3 is 0 Å². The molecule has 1 heterocycles. The molecule has 1 aromatic heterocycles. The third-order valence-corrected chi connectivity index (χ3v) is 6.18. The lowest BCUT2D eigenvalue weighted by molar-refractivity contribution is -0.124. The molecule has 3 N–H and O–H groups in total. The summed E-state index contributed by atoms with van der Waals surface area (Å²) in [7, 11) is 0. The van der Waals surface area contributed by atoms with Crippen molar-refractivity contribution in [1.29, 1.82) is 0 Å². The van der Waals surface area contributed by atoms with E-state index in [2.05, 4.69) is 16.9 Å². The topological polar surface area (TPSA) is 89.1 Å². The molecule has 0 saturated heterocycles. The van der Waals surface area contributed by atoms with E-state index in [4.69, 9.17) is 5.73 Å². The number of nitrogens with zero attached hydrogens (tertiary/aromatic N) is 2. The average molecular weight is 349 g/mol. The molecule has 2 aromatic rings. The number of nitrogens with two attached hydrogens (primary N) is 1. The molecule has 0 amide bonds. The van der Waals surface area contributed by atoms with E-state index in [1.54, 1.807) is 0 Å². The van der Waals surface area contributed by atoms with Gasteiger partial charge in [-0.1, -0.05) is 44.2 Å². The molecule has 2 aliphatic rings. The van der Waals surface area contributed by atoms with Gasteiger partial charge in [0.15, 0.2) is 5.78 Å². The molecular formula is C21H23N3O2. The summed E-state index contributed by atoms with van der Waals surface area (Å²) < 4.78 is 0. The number of hydrogen-bond acceptors (Lipinski definition) is 5. The van der Waals surface area contributed by atoms with Gasteiger partial charge in [-0.15, -0.1) is 0 Å². The fraction of sp³-hybridized carbons (Fsp3) is 0.381. The van der Waals surface area contributed by atoms with Gasteiger partial charge in [0.25, 0.3) is 0 Å². The number of allylic oxidation sites excluding steroid dienone is 1. The van der Waals surface area contributed by atoms with E-state index in [0.29, 0.717) is 12.0 Å². The molecule has 0 unspecified atom stereocenters. The first kappa shape index (κ1) is 16.8. The van der Waals surface area contributed by atoms with Crippen LogP contribution < -0.4 is 5.73 Å². The number of Topliss-reactive ketones (excluding diaryl/α,β-unsaturated/α-hetero) is 1. The second-order valence-electron chi connectivity index (χ2n) is 7.67. The first-order chi connectivity index (χ1) is 12.5. The molecule has 0 radical (unpaired) electrons. The van der Waals surface area contributed by atoms with Gasteiger partial charge in [-0.25, -0.2) is 9.97 Å². The van der Waals surface area contributed by atoms with Crippen molar-refractivity contribution in [3.63, 3.8) is 0 Å². The maximum atomic E-state index is 12.5. The number of anilines is 1. The lowest BCUT2D eigenvalue weighted by Gasteiger charge is -2.48. The lowest BCUT2D eigenvalue weighted by Crippen LogP contribution is -2.48. The average Bonchev–Trinajstić information content (AvgIpc) is 2.65. The van der Waals surface area contributed by atoms with Crippen molar-refractivity contribution in [2.45, 2.75) is 38.5 Å². The fourth-order valence-electron chi connectivity index (χ4n) is 4.92. The van der Waals surface area contributed by atoms with Crippen LogP contribution in [0, 0.1) is 11.8 Å². The Morgan fingerprint density at radius 1 is 1.27 bits per heavy atom. The van der Waals surface area contributed by atoms with Crippen LogP contribution >= 0.6 is 0 Å². The van der Waals surface area contributed by atoms with Crippen LogP contribution in [0.2, 0.25) is 0 Å². The van der Waals surface area contributed by atoms with E-state index >= 15 is 0 Å². The Morgan fingerprint density at radius 3 is 2.69 bits per heavy atom. The van der Waals surface area contributed by atoms with Gasteiger partial charge in [0.05, 0.1) is 17.6 Å². The van der Waals surface area contributed by atoms with Gasteiger partial charge in [-0.05, 0) is 25.2 Å². The smallest absolute Gasteiger partial charge is 0.220 e. The van der Waals surface area contributed by atoms with Gasteiger partial charge in [0.1, 0.15) is 0 Å². The van der Waals surface area contributed by atoms with Crippen LogP contribution in [-0.2, 0) is 16.6 Å². The predicted molar refractivity (Wildman–Crippen MR) is 101 cm³/mol. The number of aromatic nitrogens is 2. The third-order valence-electron chi connectivity index (χ3n) is 6.18. The fourth-order valence-corrected chi connectivity index (χ4v) is 4.92. The molecule has 26 heavy (non-hydrogen) atoms. The Hall–Kier alpha value is -2.69. The van der Waals surface area contributed by atoms with Crippen LogP contribution in [0.15, 0.2) is 42.2 Å². The summed E-state index contributed by atoms with van der Waals surface area (Å²) in [5.74, 6) is 0.341. The molecule has 2 aliphatic carbocycles. The number of benzene rings is 1. The lowest BCUT2D eigenvalue weighted by atomic mass is 9.55. The number of hydrogen-bond donors (Lipinski definition) is 2. The van der Waals surface area contributed by atoms with Gasteiger partial charge in [0.2, 0.25) is 5.95 Å². The van der Waals surface area contributed by atoms with Crippen LogP contribution in [0.4, 0.5) is 5.95 Å². The first-order valence-electron chi connectivity index (χ1n) is 9.05. The summed E-state index contributed by atoms with van der Waals surface area (Å²) in [5, 5.41) is 9.58. The summed E-state index contributed by atoms with van der Waals surface area (Å²) in [6, 6.07) is 10.0. The van der Waals surface area contributed by atoms with Crippen LogP contribution in [-0.4, -0.2) is 20.9 Å². The van der Waals surface area contributed by atoms with Crippen molar-refractivity contribution >= 4 is 11.7 Å².